The predicted octanol–water partition coefficient (Wildman–Crippen LogP) is 10.7. The van der Waals surface area contributed by atoms with Crippen molar-refractivity contribution < 1.29 is 4.74 Å². The van der Waals surface area contributed by atoms with Gasteiger partial charge >= 0.3 is 0 Å². The Kier molecular flexibility index (Phi) is 6.06. The molecule has 0 amide bonds. The van der Waals surface area contributed by atoms with Crippen LogP contribution in [0.15, 0.2) is 120 Å². The molecule has 0 spiro atoms. The Morgan fingerprint density at radius 3 is 2.00 bits per heavy atom. The molecule has 0 aliphatic heterocycles. The zero-order valence-electron chi connectivity index (χ0n) is 20.6. The first-order valence-electron chi connectivity index (χ1n) is 12.2. The van der Waals surface area contributed by atoms with E-state index in [-0.39, 0.29) is 5.41 Å². The van der Waals surface area contributed by atoms with E-state index in [1.807, 2.05) is 24.3 Å². The van der Waals surface area contributed by atoms with Gasteiger partial charge in [-0.2, -0.15) is 0 Å². The van der Waals surface area contributed by atoms with Gasteiger partial charge in [-0.25, -0.2) is 0 Å². The first-order chi connectivity index (χ1) is 17.9. The van der Waals surface area contributed by atoms with E-state index >= 15 is 0 Å². The van der Waals surface area contributed by atoms with Crippen molar-refractivity contribution in [3.63, 3.8) is 0 Å². The van der Waals surface area contributed by atoms with Crippen molar-refractivity contribution in [3.8, 4) is 22.6 Å². The number of benzene rings is 5. The van der Waals surface area contributed by atoms with Gasteiger partial charge in [-0.15, -0.1) is 0 Å². The van der Waals surface area contributed by atoms with Crippen LogP contribution in [0.2, 0.25) is 5.02 Å². The topological polar surface area (TPSA) is 12.5 Å². The van der Waals surface area contributed by atoms with E-state index in [4.69, 9.17) is 16.3 Å². The Morgan fingerprint density at radius 2 is 1.32 bits per heavy atom. The van der Waals surface area contributed by atoms with Gasteiger partial charge in [-0.05, 0) is 98.8 Å². The molecular formula is C33H25BrClNO. The summed E-state index contributed by atoms with van der Waals surface area (Å²) >= 11 is 9.94. The Hall–Kier alpha value is -3.53. The van der Waals surface area contributed by atoms with Crippen LogP contribution in [0, 0.1) is 0 Å². The molecule has 0 fully saturated rings. The van der Waals surface area contributed by atoms with E-state index in [0.717, 1.165) is 27.3 Å². The highest BCUT2D eigenvalue weighted by Crippen LogP contribution is 2.52. The highest BCUT2D eigenvalue weighted by Gasteiger charge is 2.36. The van der Waals surface area contributed by atoms with E-state index in [1.165, 1.54) is 22.3 Å². The van der Waals surface area contributed by atoms with Crippen LogP contribution < -0.4 is 9.64 Å². The van der Waals surface area contributed by atoms with E-state index in [1.54, 1.807) is 0 Å². The van der Waals surface area contributed by atoms with Crippen LogP contribution in [-0.4, -0.2) is 0 Å². The summed E-state index contributed by atoms with van der Waals surface area (Å²) in [7, 11) is 0. The lowest BCUT2D eigenvalue weighted by Gasteiger charge is -2.28. The minimum absolute atomic E-state index is 0.147. The molecule has 1 aliphatic carbocycles. The number of nitrogens with zero attached hydrogens (tertiary/aromatic N) is 1. The normalized spacial score (nSPS) is 13.1. The number of ether oxygens (including phenoxy) is 1. The molecule has 0 unspecified atom stereocenters. The fourth-order valence-electron chi connectivity index (χ4n) is 5.21. The summed E-state index contributed by atoms with van der Waals surface area (Å²) in [6, 6.07) is 39.9. The van der Waals surface area contributed by atoms with Crippen molar-refractivity contribution in [2.45, 2.75) is 19.3 Å². The smallest absolute Gasteiger partial charge is 0.147 e. The first-order valence-corrected chi connectivity index (χ1v) is 13.4. The summed E-state index contributed by atoms with van der Waals surface area (Å²) in [6.45, 7) is 4.59. The van der Waals surface area contributed by atoms with Crippen molar-refractivity contribution in [2.75, 3.05) is 4.90 Å². The van der Waals surface area contributed by atoms with Crippen LogP contribution in [0.3, 0.4) is 0 Å². The summed E-state index contributed by atoms with van der Waals surface area (Å²) in [6.07, 6.45) is 0. The summed E-state index contributed by atoms with van der Waals surface area (Å²) in [5.41, 5.74) is 8.26. The van der Waals surface area contributed by atoms with Gasteiger partial charge in [-0.3, -0.25) is 0 Å². The van der Waals surface area contributed by atoms with Gasteiger partial charge < -0.3 is 9.64 Å². The highest BCUT2D eigenvalue weighted by molar-refractivity contribution is 9.10. The number of para-hydroxylation sites is 2. The van der Waals surface area contributed by atoms with Gasteiger partial charge in [0.1, 0.15) is 11.5 Å². The van der Waals surface area contributed by atoms with Gasteiger partial charge in [0, 0.05) is 26.9 Å². The molecule has 0 atom stereocenters. The molecular weight excluding hydrogens is 542 g/mol. The molecule has 0 saturated heterocycles. The van der Waals surface area contributed by atoms with Gasteiger partial charge in [0.2, 0.25) is 0 Å². The van der Waals surface area contributed by atoms with Crippen molar-refractivity contribution in [1.29, 1.82) is 0 Å². The van der Waals surface area contributed by atoms with Crippen LogP contribution in [-0.2, 0) is 5.41 Å². The number of rotatable bonds is 5. The first kappa shape index (κ1) is 23.8. The van der Waals surface area contributed by atoms with Crippen molar-refractivity contribution in [3.05, 3.63) is 136 Å². The Balaban J connectivity index is 1.43. The molecule has 0 radical (unpaired) electrons. The quantitative estimate of drug-likeness (QED) is 0.210. The third-order valence-corrected chi connectivity index (χ3v) is 8.34. The maximum atomic E-state index is 6.46. The molecule has 182 valence electrons. The van der Waals surface area contributed by atoms with Crippen LogP contribution >= 0.6 is 27.5 Å². The monoisotopic (exact) mass is 565 g/mol. The lowest BCUT2D eigenvalue weighted by molar-refractivity contribution is 0.482. The summed E-state index contributed by atoms with van der Waals surface area (Å²) < 4.78 is 7.02. The Bertz CT molecular complexity index is 1560. The van der Waals surface area contributed by atoms with E-state index < -0.39 is 0 Å². The van der Waals surface area contributed by atoms with E-state index in [0.29, 0.717) is 10.8 Å². The Labute approximate surface area is 231 Å². The molecule has 1 aliphatic rings. The summed E-state index contributed by atoms with van der Waals surface area (Å²) in [5.74, 6) is 1.40. The molecule has 0 aromatic heterocycles. The molecule has 37 heavy (non-hydrogen) atoms. The molecule has 0 N–H and O–H groups in total. The SMILES string of the molecule is CC1(C)c2ccc(Oc3cccc(Br)c3Cl)cc2-c2ccc(N(c3ccccc3)c3ccccc3)cc21. The number of halogens is 2. The maximum Gasteiger partial charge on any atom is 0.147 e. The fraction of sp³-hybridized carbons (Fsp3) is 0.0909. The average Bonchev–Trinajstić information content (AvgIpc) is 3.14. The molecule has 5 aromatic rings. The zero-order chi connectivity index (χ0) is 25.6. The maximum absolute atomic E-state index is 6.46. The molecule has 5 aromatic carbocycles. The lowest BCUT2D eigenvalue weighted by atomic mass is 9.82. The van der Waals surface area contributed by atoms with Crippen LogP contribution in [0.1, 0.15) is 25.0 Å². The molecule has 4 heteroatoms. The van der Waals surface area contributed by atoms with Gasteiger partial charge in [0.05, 0.1) is 5.02 Å². The molecule has 0 saturated carbocycles. The Morgan fingerprint density at radius 1 is 0.649 bits per heavy atom. The third kappa shape index (κ3) is 4.22. The molecule has 6 rings (SSSR count). The van der Waals surface area contributed by atoms with E-state index in [9.17, 15) is 0 Å². The second kappa shape index (κ2) is 9.41. The predicted molar refractivity (Wildman–Crippen MR) is 158 cm³/mol. The van der Waals surface area contributed by atoms with Crippen molar-refractivity contribution in [2.24, 2.45) is 0 Å². The summed E-state index contributed by atoms with van der Waals surface area (Å²) in [4.78, 5) is 2.31. The van der Waals surface area contributed by atoms with Gasteiger partial charge in [0.25, 0.3) is 0 Å². The highest BCUT2D eigenvalue weighted by atomic mass is 79.9. The fourth-order valence-corrected chi connectivity index (χ4v) is 5.73. The number of fused-ring (bicyclic) bond motifs is 3. The van der Waals surface area contributed by atoms with Crippen molar-refractivity contribution in [1.82, 2.24) is 0 Å². The lowest BCUT2D eigenvalue weighted by Crippen LogP contribution is -2.16. The standard InChI is InChI=1S/C33H25BrClNO/c1-33(2)28-19-17-25(37-31-15-9-14-30(34)32(31)35)21-27(28)26-18-16-24(20-29(26)33)36(22-10-5-3-6-11-22)23-12-7-4-8-13-23/h3-21H,1-2H3. The van der Waals surface area contributed by atoms with Gasteiger partial charge in [-0.1, -0.05) is 80.0 Å². The molecule has 2 nitrogen and oxygen atoms in total. The second-order valence-corrected chi connectivity index (χ2v) is 11.0. The number of hydrogen-bond donors (Lipinski definition) is 0. The van der Waals surface area contributed by atoms with Crippen LogP contribution in [0.25, 0.3) is 11.1 Å². The van der Waals surface area contributed by atoms with Crippen molar-refractivity contribution >= 4 is 44.6 Å². The van der Waals surface area contributed by atoms with Gasteiger partial charge in [0.15, 0.2) is 0 Å². The second-order valence-electron chi connectivity index (χ2n) is 9.72. The summed E-state index contributed by atoms with van der Waals surface area (Å²) in [5, 5.41) is 0.565. The van der Waals surface area contributed by atoms with Crippen LogP contribution in [0.5, 0.6) is 11.5 Å². The van der Waals surface area contributed by atoms with E-state index in [2.05, 4.69) is 126 Å². The largest absolute Gasteiger partial charge is 0.456 e. The molecule has 0 bridgehead atoms. The third-order valence-electron chi connectivity index (χ3n) is 7.06. The zero-order valence-corrected chi connectivity index (χ0v) is 22.9. The number of anilines is 3. The number of hydrogen-bond acceptors (Lipinski definition) is 2. The average molecular weight is 567 g/mol. The molecule has 0 heterocycles. The van der Waals surface area contributed by atoms with Crippen LogP contribution in [0.4, 0.5) is 17.1 Å². The minimum Gasteiger partial charge on any atom is -0.456 e. The minimum atomic E-state index is -0.147.